The second kappa shape index (κ2) is 5.29. The second-order valence-electron chi connectivity index (χ2n) is 4.69. The molecule has 0 atom stereocenters. The number of methoxy groups -OCH3 is 2. The van der Waals surface area contributed by atoms with Crippen molar-refractivity contribution in [3.05, 3.63) is 28.8 Å². The topological polar surface area (TPSA) is 35.5 Å². The molecular weight excluding hydrogens is 252 g/mol. The number of hydrogen-bond acceptors (Lipinski definition) is 3. The van der Waals surface area contributed by atoms with Crippen molar-refractivity contribution in [1.82, 2.24) is 0 Å². The lowest BCUT2D eigenvalue weighted by Crippen LogP contribution is -2.41. The molecule has 1 aliphatic carbocycles. The first kappa shape index (κ1) is 13.4. The fraction of sp³-hybridized carbons (Fsp3) is 0.500. The van der Waals surface area contributed by atoms with E-state index < -0.39 is 0 Å². The highest BCUT2D eigenvalue weighted by Crippen LogP contribution is 2.39. The lowest BCUT2D eigenvalue weighted by atomic mass is 9.76. The Hall–Kier alpha value is -1.06. The van der Waals surface area contributed by atoms with Crippen LogP contribution in [0.15, 0.2) is 18.2 Å². The Morgan fingerprint density at radius 3 is 2.56 bits per heavy atom. The number of Topliss-reactive ketones (excluding diaryl/α,β-unsaturated/α-hetero) is 1. The van der Waals surface area contributed by atoms with Crippen LogP contribution in [0, 0.1) is 0 Å². The minimum atomic E-state index is -0.264. The smallest absolute Gasteiger partial charge is 0.167 e. The molecule has 0 heterocycles. The molecule has 0 aromatic heterocycles. The molecule has 0 spiro atoms. The number of carbonyl (C=O) groups excluding carboxylic acids is 1. The Bertz CT molecular complexity index is 447. The molecule has 3 nitrogen and oxygen atoms in total. The highest BCUT2D eigenvalue weighted by atomic mass is 35.5. The molecule has 1 aliphatic rings. The van der Waals surface area contributed by atoms with Crippen molar-refractivity contribution in [2.24, 2.45) is 0 Å². The van der Waals surface area contributed by atoms with E-state index in [1.165, 1.54) is 0 Å². The van der Waals surface area contributed by atoms with Crippen LogP contribution < -0.4 is 4.74 Å². The summed E-state index contributed by atoms with van der Waals surface area (Å²) in [5.74, 6) is 0.686. The molecule has 2 rings (SSSR count). The van der Waals surface area contributed by atoms with Crippen LogP contribution in [0.2, 0.25) is 5.02 Å². The molecule has 1 aromatic rings. The van der Waals surface area contributed by atoms with E-state index in [0.717, 1.165) is 19.3 Å². The monoisotopic (exact) mass is 268 g/mol. The van der Waals surface area contributed by atoms with Crippen LogP contribution in [0.1, 0.15) is 36.0 Å². The summed E-state index contributed by atoms with van der Waals surface area (Å²) in [7, 11) is 3.24. The van der Waals surface area contributed by atoms with Crippen LogP contribution in [-0.4, -0.2) is 25.6 Å². The molecule has 4 heteroatoms. The SMILES string of the molecule is COc1ccc(C(=O)CC2(OC)CCC2)c(Cl)c1. The molecule has 0 aliphatic heterocycles. The quantitative estimate of drug-likeness (QED) is 0.767. The Morgan fingerprint density at radius 2 is 2.11 bits per heavy atom. The number of halogens is 1. The zero-order valence-electron chi connectivity index (χ0n) is 10.7. The second-order valence-corrected chi connectivity index (χ2v) is 5.09. The van der Waals surface area contributed by atoms with E-state index in [1.54, 1.807) is 32.4 Å². The van der Waals surface area contributed by atoms with Gasteiger partial charge in [-0.3, -0.25) is 4.79 Å². The number of rotatable bonds is 5. The highest BCUT2D eigenvalue weighted by molar-refractivity contribution is 6.34. The first-order chi connectivity index (χ1) is 8.60. The minimum Gasteiger partial charge on any atom is -0.497 e. The predicted molar refractivity (Wildman–Crippen MR) is 70.5 cm³/mol. The van der Waals surface area contributed by atoms with Gasteiger partial charge in [0.25, 0.3) is 0 Å². The van der Waals surface area contributed by atoms with Crippen molar-refractivity contribution in [2.75, 3.05) is 14.2 Å². The highest BCUT2D eigenvalue weighted by Gasteiger charge is 2.39. The molecule has 0 bridgehead atoms. The first-order valence-corrected chi connectivity index (χ1v) is 6.40. The average molecular weight is 269 g/mol. The lowest BCUT2D eigenvalue weighted by Gasteiger charge is -2.40. The van der Waals surface area contributed by atoms with Crippen LogP contribution in [0.25, 0.3) is 0 Å². The Kier molecular flexibility index (Phi) is 3.93. The predicted octanol–water partition coefficient (Wildman–Crippen LogP) is 3.49. The summed E-state index contributed by atoms with van der Waals surface area (Å²) in [6.45, 7) is 0. The number of carbonyl (C=O) groups is 1. The lowest BCUT2D eigenvalue weighted by molar-refractivity contribution is -0.0704. The van der Waals surface area contributed by atoms with Crippen LogP contribution in [0.4, 0.5) is 0 Å². The van der Waals surface area contributed by atoms with Crippen molar-refractivity contribution >= 4 is 17.4 Å². The molecule has 0 saturated heterocycles. The van der Waals surface area contributed by atoms with Crippen LogP contribution in [0.3, 0.4) is 0 Å². The van der Waals surface area contributed by atoms with Gasteiger partial charge in [-0.25, -0.2) is 0 Å². The fourth-order valence-corrected chi connectivity index (χ4v) is 2.54. The van der Waals surface area contributed by atoms with Crippen molar-refractivity contribution in [3.63, 3.8) is 0 Å². The molecule has 0 unspecified atom stereocenters. The first-order valence-electron chi connectivity index (χ1n) is 6.02. The number of benzene rings is 1. The van der Waals surface area contributed by atoms with E-state index in [4.69, 9.17) is 21.1 Å². The zero-order valence-corrected chi connectivity index (χ0v) is 11.4. The van der Waals surface area contributed by atoms with Crippen molar-refractivity contribution in [2.45, 2.75) is 31.3 Å². The van der Waals surface area contributed by atoms with Crippen molar-refractivity contribution < 1.29 is 14.3 Å². The van der Waals surface area contributed by atoms with Crippen LogP contribution >= 0.6 is 11.6 Å². The van der Waals surface area contributed by atoms with Gasteiger partial charge in [0, 0.05) is 19.1 Å². The van der Waals surface area contributed by atoms with Gasteiger partial charge in [0.1, 0.15) is 5.75 Å². The summed E-state index contributed by atoms with van der Waals surface area (Å²) in [5.41, 5.74) is 0.279. The maximum Gasteiger partial charge on any atom is 0.167 e. The van der Waals surface area contributed by atoms with Crippen LogP contribution in [0.5, 0.6) is 5.75 Å². The number of ketones is 1. The summed E-state index contributed by atoms with van der Waals surface area (Å²) < 4.78 is 10.5. The minimum absolute atomic E-state index is 0.0317. The molecular formula is C14H17ClO3. The largest absolute Gasteiger partial charge is 0.497 e. The van der Waals surface area contributed by atoms with Gasteiger partial charge in [0.15, 0.2) is 5.78 Å². The standard InChI is InChI=1S/C14H17ClO3/c1-17-10-4-5-11(12(15)8-10)13(16)9-14(18-2)6-3-7-14/h4-5,8H,3,6-7,9H2,1-2H3. The third kappa shape index (κ3) is 2.52. The molecule has 98 valence electrons. The van der Waals surface area contributed by atoms with E-state index in [2.05, 4.69) is 0 Å². The number of hydrogen-bond donors (Lipinski definition) is 0. The maximum atomic E-state index is 12.2. The number of ether oxygens (including phenoxy) is 2. The van der Waals surface area contributed by atoms with Crippen molar-refractivity contribution in [3.8, 4) is 5.75 Å². The summed E-state index contributed by atoms with van der Waals surface area (Å²) in [6, 6.07) is 5.12. The summed E-state index contributed by atoms with van der Waals surface area (Å²) in [4.78, 5) is 12.2. The van der Waals surface area contributed by atoms with Crippen molar-refractivity contribution in [1.29, 1.82) is 0 Å². The molecule has 18 heavy (non-hydrogen) atoms. The third-order valence-corrected chi connectivity index (χ3v) is 3.97. The van der Waals surface area contributed by atoms with E-state index >= 15 is 0 Å². The summed E-state index contributed by atoms with van der Waals surface area (Å²) in [6.07, 6.45) is 3.42. The molecule has 1 fully saturated rings. The van der Waals surface area contributed by atoms with Gasteiger partial charge in [-0.2, -0.15) is 0 Å². The Labute approximate surface area is 112 Å². The Balaban J connectivity index is 2.14. The molecule has 0 N–H and O–H groups in total. The fourth-order valence-electron chi connectivity index (χ4n) is 2.26. The maximum absolute atomic E-state index is 12.2. The average Bonchev–Trinajstić information content (AvgIpc) is 2.33. The van der Waals surface area contributed by atoms with E-state index in [0.29, 0.717) is 22.8 Å². The summed E-state index contributed by atoms with van der Waals surface area (Å²) in [5, 5.41) is 0.435. The van der Waals surface area contributed by atoms with Gasteiger partial charge in [0.2, 0.25) is 0 Å². The van der Waals surface area contributed by atoms with Gasteiger partial charge in [-0.1, -0.05) is 11.6 Å². The molecule has 1 aromatic carbocycles. The van der Waals surface area contributed by atoms with Gasteiger partial charge >= 0.3 is 0 Å². The van der Waals surface area contributed by atoms with Gasteiger partial charge < -0.3 is 9.47 Å². The summed E-state index contributed by atoms with van der Waals surface area (Å²) >= 11 is 6.09. The third-order valence-electron chi connectivity index (χ3n) is 3.66. The van der Waals surface area contributed by atoms with Gasteiger partial charge in [-0.05, 0) is 37.5 Å². The molecule has 0 radical (unpaired) electrons. The van der Waals surface area contributed by atoms with E-state index in [9.17, 15) is 4.79 Å². The van der Waals surface area contributed by atoms with E-state index in [1.807, 2.05) is 0 Å². The normalized spacial score (nSPS) is 17.1. The molecule has 0 amide bonds. The van der Waals surface area contributed by atoms with Gasteiger partial charge in [-0.15, -0.1) is 0 Å². The van der Waals surface area contributed by atoms with Gasteiger partial charge in [0.05, 0.1) is 17.7 Å². The Morgan fingerprint density at radius 1 is 1.39 bits per heavy atom. The van der Waals surface area contributed by atoms with Crippen LogP contribution in [-0.2, 0) is 4.74 Å². The zero-order chi connectivity index (χ0) is 13.2. The molecule has 1 saturated carbocycles. The van der Waals surface area contributed by atoms with E-state index in [-0.39, 0.29) is 11.4 Å².